The summed E-state index contributed by atoms with van der Waals surface area (Å²) in [6.45, 7) is 2.06. The summed E-state index contributed by atoms with van der Waals surface area (Å²) in [5.41, 5.74) is 3.43. The van der Waals surface area contributed by atoms with Crippen LogP contribution in [0.4, 0.5) is 5.69 Å². The minimum absolute atomic E-state index is 0.167. The second-order valence-corrected chi connectivity index (χ2v) is 6.54. The van der Waals surface area contributed by atoms with Crippen LogP contribution >= 0.6 is 23.2 Å². The van der Waals surface area contributed by atoms with Gasteiger partial charge in [-0.1, -0.05) is 47.5 Å². The van der Waals surface area contributed by atoms with Crippen molar-refractivity contribution in [2.24, 2.45) is 0 Å². The monoisotopic (exact) mass is 348 g/mol. The summed E-state index contributed by atoms with van der Waals surface area (Å²) < 4.78 is 0. The highest BCUT2D eigenvalue weighted by atomic mass is 35.5. The van der Waals surface area contributed by atoms with Crippen molar-refractivity contribution in [3.05, 3.63) is 63.6 Å². The molecule has 0 saturated carbocycles. The number of nitrogens with zero attached hydrogens (tertiary/aromatic N) is 1. The molecule has 1 N–H and O–H groups in total. The predicted octanol–water partition coefficient (Wildman–Crippen LogP) is 4.38. The van der Waals surface area contributed by atoms with Crippen LogP contribution in [0.25, 0.3) is 0 Å². The molecule has 1 aliphatic heterocycles. The molecule has 2 aromatic rings. The number of fused-ring (bicyclic) bond motifs is 1. The molecule has 2 aromatic carbocycles. The fraction of sp³-hybridized carbons (Fsp3) is 0.278. The van der Waals surface area contributed by atoms with Gasteiger partial charge in [-0.05, 0) is 35.7 Å². The molecule has 0 saturated heterocycles. The minimum Gasteiger partial charge on any atom is -0.384 e. The van der Waals surface area contributed by atoms with Gasteiger partial charge >= 0.3 is 0 Å². The van der Waals surface area contributed by atoms with E-state index in [0.717, 1.165) is 18.7 Å². The highest BCUT2D eigenvalue weighted by Gasteiger charge is 2.19. The first-order valence-electron chi connectivity index (χ1n) is 7.66. The number of carbonyl (C=O) groups excluding carboxylic acids is 1. The Kier molecular flexibility index (Phi) is 5.09. The summed E-state index contributed by atoms with van der Waals surface area (Å²) in [5.74, 6) is 0.167. The molecule has 0 aliphatic carbocycles. The van der Waals surface area contributed by atoms with Crippen molar-refractivity contribution in [1.29, 1.82) is 0 Å². The van der Waals surface area contributed by atoms with E-state index in [-0.39, 0.29) is 5.91 Å². The van der Waals surface area contributed by atoms with Crippen molar-refractivity contribution in [3.8, 4) is 0 Å². The number of rotatable bonds is 4. The van der Waals surface area contributed by atoms with E-state index in [0.29, 0.717) is 29.6 Å². The third kappa shape index (κ3) is 4.18. The Balaban J connectivity index is 1.52. The van der Waals surface area contributed by atoms with E-state index in [1.54, 1.807) is 18.2 Å². The third-order valence-corrected chi connectivity index (χ3v) is 4.45. The van der Waals surface area contributed by atoms with E-state index < -0.39 is 0 Å². The van der Waals surface area contributed by atoms with Crippen LogP contribution in [-0.4, -0.2) is 23.9 Å². The molecule has 3 rings (SSSR count). The number of hydrogen-bond donors (Lipinski definition) is 1. The van der Waals surface area contributed by atoms with Crippen LogP contribution in [0, 0.1) is 0 Å². The summed E-state index contributed by atoms with van der Waals surface area (Å²) in [4.78, 5) is 14.3. The lowest BCUT2D eigenvalue weighted by Crippen LogP contribution is -2.36. The van der Waals surface area contributed by atoms with E-state index in [1.807, 2.05) is 11.0 Å². The van der Waals surface area contributed by atoms with Gasteiger partial charge in [0.15, 0.2) is 0 Å². The maximum atomic E-state index is 12.4. The fourth-order valence-corrected chi connectivity index (χ4v) is 3.36. The minimum atomic E-state index is 0.167. The molecule has 0 aromatic heterocycles. The summed E-state index contributed by atoms with van der Waals surface area (Å²) in [5, 5.41) is 4.36. The molecule has 120 valence electrons. The quantitative estimate of drug-likeness (QED) is 0.888. The first-order valence-corrected chi connectivity index (χ1v) is 8.42. The lowest BCUT2D eigenvalue weighted by Gasteiger charge is -2.29. The zero-order chi connectivity index (χ0) is 16.2. The topological polar surface area (TPSA) is 32.3 Å². The van der Waals surface area contributed by atoms with Gasteiger partial charge in [-0.25, -0.2) is 0 Å². The zero-order valence-corrected chi connectivity index (χ0v) is 14.2. The van der Waals surface area contributed by atoms with Crippen LogP contribution in [0.15, 0.2) is 42.5 Å². The van der Waals surface area contributed by atoms with Crippen LogP contribution < -0.4 is 5.32 Å². The fourth-order valence-electron chi connectivity index (χ4n) is 2.84. The summed E-state index contributed by atoms with van der Waals surface area (Å²) in [7, 11) is 0. The Labute approximate surface area is 146 Å². The van der Waals surface area contributed by atoms with Crippen molar-refractivity contribution in [2.75, 3.05) is 18.4 Å². The van der Waals surface area contributed by atoms with Gasteiger partial charge in [0.25, 0.3) is 0 Å². The number of nitrogens with one attached hydrogen (secondary N) is 1. The van der Waals surface area contributed by atoms with Crippen LogP contribution in [-0.2, 0) is 17.8 Å². The molecule has 1 heterocycles. The largest absolute Gasteiger partial charge is 0.384 e. The average Bonchev–Trinajstić information content (AvgIpc) is 2.53. The lowest BCUT2D eigenvalue weighted by molar-refractivity contribution is -0.131. The summed E-state index contributed by atoms with van der Waals surface area (Å²) in [6, 6.07) is 13.6. The molecular weight excluding hydrogens is 331 g/mol. The van der Waals surface area contributed by atoms with Crippen LogP contribution in [0.3, 0.4) is 0 Å². The standard InChI is InChI=1S/C18H18Cl2N2O/c19-15-9-16(20)11-17(10-15)21-7-5-18(23)22-8-6-13-3-1-2-4-14(13)12-22/h1-4,9-11,21H,5-8,12H2. The molecule has 1 amide bonds. The van der Waals surface area contributed by atoms with E-state index in [9.17, 15) is 4.79 Å². The van der Waals surface area contributed by atoms with Crippen molar-refractivity contribution in [2.45, 2.75) is 19.4 Å². The molecule has 3 nitrogen and oxygen atoms in total. The van der Waals surface area contributed by atoms with Gasteiger partial charge < -0.3 is 10.2 Å². The number of anilines is 1. The number of halogens is 2. The van der Waals surface area contributed by atoms with Gasteiger partial charge in [-0.2, -0.15) is 0 Å². The van der Waals surface area contributed by atoms with E-state index >= 15 is 0 Å². The van der Waals surface area contributed by atoms with Crippen LogP contribution in [0.2, 0.25) is 10.0 Å². The number of benzene rings is 2. The Hall–Kier alpha value is -1.71. The van der Waals surface area contributed by atoms with Gasteiger partial charge in [-0.15, -0.1) is 0 Å². The predicted molar refractivity (Wildman–Crippen MR) is 95.1 cm³/mol. The molecule has 5 heteroatoms. The van der Waals surface area contributed by atoms with Crippen LogP contribution in [0.1, 0.15) is 17.5 Å². The van der Waals surface area contributed by atoms with Gasteiger partial charge in [0.1, 0.15) is 0 Å². The smallest absolute Gasteiger partial charge is 0.224 e. The van der Waals surface area contributed by atoms with Crippen molar-refractivity contribution >= 4 is 34.8 Å². The number of hydrogen-bond acceptors (Lipinski definition) is 2. The molecular formula is C18H18Cl2N2O. The van der Waals surface area contributed by atoms with Crippen molar-refractivity contribution in [3.63, 3.8) is 0 Å². The van der Waals surface area contributed by atoms with E-state index in [2.05, 4.69) is 23.5 Å². The summed E-state index contributed by atoms with van der Waals surface area (Å²) in [6.07, 6.45) is 1.38. The van der Waals surface area contributed by atoms with Crippen LogP contribution in [0.5, 0.6) is 0 Å². The highest BCUT2D eigenvalue weighted by molar-refractivity contribution is 6.35. The molecule has 0 fully saturated rings. The number of amides is 1. The molecule has 0 bridgehead atoms. The Morgan fingerprint density at radius 3 is 2.52 bits per heavy atom. The summed E-state index contributed by atoms with van der Waals surface area (Å²) >= 11 is 11.9. The third-order valence-electron chi connectivity index (χ3n) is 4.01. The van der Waals surface area contributed by atoms with Crippen molar-refractivity contribution < 1.29 is 4.79 Å². The molecule has 0 unspecified atom stereocenters. The molecule has 0 atom stereocenters. The maximum absolute atomic E-state index is 12.4. The normalized spacial score (nSPS) is 13.6. The van der Waals surface area contributed by atoms with Gasteiger partial charge in [-0.3, -0.25) is 4.79 Å². The Morgan fingerprint density at radius 2 is 1.78 bits per heavy atom. The molecule has 1 aliphatic rings. The van der Waals surface area contributed by atoms with E-state index in [4.69, 9.17) is 23.2 Å². The van der Waals surface area contributed by atoms with E-state index in [1.165, 1.54) is 11.1 Å². The molecule has 0 radical (unpaired) electrons. The molecule has 23 heavy (non-hydrogen) atoms. The Bertz CT molecular complexity index is 698. The first-order chi connectivity index (χ1) is 11.1. The SMILES string of the molecule is O=C(CCNc1cc(Cl)cc(Cl)c1)N1CCc2ccccc2C1. The second-order valence-electron chi connectivity index (χ2n) is 5.67. The Morgan fingerprint density at radius 1 is 1.09 bits per heavy atom. The highest BCUT2D eigenvalue weighted by Crippen LogP contribution is 2.23. The lowest BCUT2D eigenvalue weighted by atomic mass is 10.00. The first kappa shape index (κ1) is 16.2. The average molecular weight is 349 g/mol. The maximum Gasteiger partial charge on any atom is 0.224 e. The van der Waals surface area contributed by atoms with Gasteiger partial charge in [0, 0.05) is 41.8 Å². The molecule has 0 spiro atoms. The van der Waals surface area contributed by atoms with Gasteiger partial charge in [0.2, 0.25) is 5.91 Å². The van der Waals surface area contributed by atoms with Gasteiger partial charge in [0.05, 0.1) is 0 Å². The van der Waals surface area contributed by atoms with Crippen molar-refractivity contribution in [1.82, 2.24) is 4.90 Å². The number of carbonyl (C=O) groups is 1. The second kappa shape index (κ2) is 7.24. The zero-order valence-electron chi connectivity index (χ0n) is 12.7.